The fraction of sp³-hybridized carbons (Fsp3) is 0.714. The van der Waals surface area contributed by atoms with Crippen LogP contribution in [0.2, 0.25) is 0 Å². The second kappa shape index (κ2) is 5.32. The third kappa shape index (κ3) is 2.07. The Kier molecular flexibility index (Phi) is 3.62. The van der Waals surface area contributed by atoms with Crippen LogP contribution in [0.15, 0.2) is 30.3 Å². The van der Waals surface area contributed by atoms with E-state index in [1.165, 1.54) is 24.9 Å². The molecule has 2 aliphatic heterocycles. The molecule has 3 fully saturated rings. The van der Waals surface area contributed by atoms with Gasteiger partial charge >= 0.3 is 0 Å². The van der Waals surface area contributed by atoms with Crippen molar-refractivity contribution < 1.29 is 4.74 Å². The predicted molar refractivity (Wildman–Crippen MR) is 94.2 cm³/mol. The van der Waals surface area contributed by atoms with Crippen LogP contribution in [-0.2, 0) is 11.3 Å². The minimum Gasteiger partial charge on any atom is -0.368 e. The molecule has 2 heterocycles. The molecule has 3 aliphatic rings. The zero-order valence-electron chi connectivity index (χ0n) is 15.1. The molecule has 23 heavy (non-hydrogen) atoms. The molecule has 5 atom stereocenters. The zero-order chi connectivity index (χ0) is 16.2. The molecule has 1 saturated carbocycles. The van der Waals surface area contributed by atoms with Gasteiger partial charge in [-0.15, -0.1) is 0 Å². The Morgan fingerprint density at radius 2 is 1.96 bits per heavy atom. The number of benzene rings is 1. The normalized spacial score (nSPS) is 42.6. The second-order valence-electron chi connectivity index (χ2n) is 8.70. The highest BCUT2D eigenvalue weighted by Crippen LogP contribution is 2.62. The quantitative estimate of drug-likeness (QED) is 0.819. The Morgan fingerprint density at radius 3 is 2.65 bits per heavy atom. The summed E-state index contributed by atoms with van der Waals surface area (Å²) in [6.07, 6.45) is 2.73. The number of hydrogen-bond acceptors (Lipinski definition) is 2. The van der Waals surface area contributed by atoms with Gasteiger partial charge in [0.05, 0.1) is 12.2 Å². The van der Waals surface area contributed by atoms with Gasteiger partial charge in [0.1, 0.15) is 0 Å². The van der Waals surface area contributed by atoms with Crippen molar-refractivity contribution >= 4 is 0 Å². The topological polar surface area (TPSA) is 12.5 Å². The molecule has 0 spiro atoms. The minimum absolute atomic E-state index is 0.0273. The van der Waals surface area contributed by atoms with Crippen LogP contribution in [0, 0.1) is 23.7 Å². The van der Waals surface area contributed by atoms with Gasteiger partial charge in [-0.1, -0.05) is 51.1 Å². The monoisotopic (exact) mass is 313 g/mol. The molecule has 2 saturated heterocycles. The van der Waals surface area contributed by atoms with E-state index < -0.39 is 0 Å². The molecule has 0 radical (unpaired) electrons. The van der Waals surface area contributed by atoms with Crippen molar-refractivity contribution in [3.63, 3.8) is 0 Å². The van der Waals surface area contributed by atoms with Gasteiger partial charge < -0.3 is 4.74 Å². The molecule has 126 valence electrons. The van der Waals surface area contributed by atoms with E-state index >= 15 is 0 Å². The van der Waals surface area contributed by atoms with Crippen LogP contribution >= 0.6 is 0 Å². The van der Waals surface area contributed by atoms with Gasteiger partial charge in [-0.3, -0.25) is 4.90 Å². The first-order valence-corrected chi connectivity index (χ1v) is 9.41. The summed E-state index contributed by atoms with van der Waals surface area (Å²) in [6, 6.07) is 10.7. The highest BCUT2D eigenvalue weighted by atomic mass is 16.5. The van der Waals surface area contributed by atoms with Crippen LogP contribution in [0.3, 0.4) is 0 Å². The maximum absolute atomic E-state index is 6.76. The molecule has 1 aromatic carbocycles. The second-order valence-corrected chi connectivity index (χ2v) is 8.70. The molecule has 0 bridgehead atoms. The molecular formula is C21H31NO. The molecule has 1 aliphatic carbocycles. The summed E-state index contributed by atoms with van der Waals surface area (Å²) in [6.45, 7) is 12.9. The van der Waals surface area contributed by atoms with Gasteiger partial charge in [0.25, 0.3) is 0 Å². The summed E-state index contributed by atoms with van der Waals surface area (Å²) >= 11 is 0. The predicted octanol–water partition coefficient (Wildman–Crippen LogP) is 4.35. The average Bonchev–Trinajstić information content (AvgIpc) is 3.09. The Balaban J connectivity index is 1.62. The summed E-state index contributed by atoms with van der Waals surface area (Å²) in [5.74, 6) is 2.97. The summed E-state index contributed by atoms with van der Waals surface area (Å²) in [4.78, 5) is 2.78. The summed E-state index contributed by atoms with van der Waals surface area (Å²) in [5.41, 5.74) is 1.70. The fourth-order valence-corrected chi connectivity index (χ4v) is 6.25. The van der Waals surface area contributed by atoms with Gasteiger partial charge in [0.15, 0.2) is 0 Å². The molecule has 2 nitrogen and oxygen atoms in total. The van der Waals surface area contributed by atoms with Crippen LogP contribution in [0.25, 0.3) is 0 Å². The maximum atomic E-state index is 6.76. The molecule has 1 aromatic rings. The molecule has 2 heteroatoms. The van der Waals surface area contributed by atoms with Gasteiger partial charge in [-0.05, 0) is 43.1 Å². The lowest BCUT2D eigenvalue weighted by molar-refractivity contribution is -0.111. The van der Waals surface area contributed by atoms with Crippen LogP contribution in [0.4, 0.5) is 0 Å². The Morgan fingerprint density at radius 1 is 1.22 bits per heavy atom. The highest BCUT2D eigenvalue weighted by Gasteiger charge is 2.69. The SMILES string of the molecule is CC(C)[C@@]1(OCc2ccccc2)CN2C[C@@H](C)[C@@H]3CC[C@H]1[C@@]32C. The van der Waals surface area contributed by atoms with E-state index in [0.29, 0.717) is 17.4 Å². The number of rotatable bonds is 4. The van der Waals surface area contributed by atoms with Crippen molar-refractivity contribution in [1.29, 1.82) is 0 Å². The molecule has 4 rings (SSSR count). The Bertz CT molecular complexity index is 570. The van der Waals surface area contributed by atoms with Crippen molar-refractivity contribution in [2.45, 2.75) is 58.3 Å². The number of ether oxygens (including phenoxy) is 1. The highest BCUT2D eigenvalue weighted by molar-refractivity contribution is 5.22. The lowest BCUT2D eigenvalue weighted by Crippen LogP contribution is -2.48. The van der Waals surface area contributed by atoms with Crippen molar-refractivity contribution in [2.75, 3.05) is 13.1 Å². The fourth-order valence-electron chi connectivity index (χ4n) is 6.25. The smallest absolute Gasteiger partial charge is 0.0881 e. The van der Waals surface area contributed by atoms with Crippen LogP contribution in [0.5, 0.6) is 0 Å². The molecule has 0 unspecified atom stereocenters. The summed E-state index contributed by atoms with van der Waals surface area (Å²) in [7, 11) is 0. The van der Waals surface area contributed by atoms with E-state index in [1.54, 1.807) is 0 Å². The molecule has 0 aromatic heterocycles. The molecular weight excluding hydrogens is 282 g/mol. The van der Waals surface area contributed by atoms with E-state index in [-0.39, 0.29) is 5.60 Å². The summed E-state index contributed by atoms with van der Waals surface area (Å²) < 4.78 is 6.76. The lowest BCUT2D eigenvalue weighted by atomic mass is 9.72. The van der Waals surface area contributed by atoms with Gasteiger partial charge in [0, 0.05) is 24.5 Å². The van der Waals surface area contributed by atoms with E-state index in [1.807, 2.05) is 0 Å². The molecule has 0 N–H and O–H groups in total. The van der Waals surface area contributed by atoms with E-state index in [4.69, 9.17) is 4.74 Å². The zero-order valence-corrected chi connectivity index (χ0v) is 15.1. The number of hydrogen-bond donors (Lipinski definition) is 0. The summed E-state index contributed by atoms with van der Waals surface area (Å²) in [5, 5.41) is 0. The first kappa shape index (κ1) is 15.7. The maximum Gasteiger partial charge on any atom is 0.0881 e. The molecule has 0 amide bonds. The van der Waals surface area contributed by atoms with Crippen LogP contribution in [0.1, 0.15) is 46.1 Å². The standard InChI is InChI=1S/C21H31NO/c1-15(2)21(23-13-17-8-6-5-7-9-17)14-22-12-16(3)18-10-11-19(21)20(18,22)4/h5-9,15-16,18-19H,10-14H2,1-4H3/t16-,18+,19+,20-,21+/m1/s1. The van der Waals surface area contributed by atoms with Crippen LogP contribution < -0.4 is 0 Å². The van der Waals surface area contributed by atoms with E-state index in [2.05, 4.69) is 62.9 Å². The Labute approximate surface area is 141 Å². The largest absolute Gasteiger partial charge is 0.368 e. The first-order chi connectivity index (χ1) is 11.0. The third-order valence-electron chi connectivity index (χ3n) is 7.45. The minimum atomic E-state index is 0.0273. The van der Waals surface area contributed by atoms with Crippen molar-refractivity contribution in [1.82, 2.24) is 4.90 Å². The van der Waals surface area contributed by atoms with Gasteiger partial charge in [0.2, 0.25) is 0 Å². The van der Waals surface area contributed by atoms with E-state index in [0.717, 1.165) is 25.0 Å². The first-order valence-electron chi connectivity index (χ1n) is 9.41. The van der Waals surface area contributed by atoms with Crippen molar-refractivity contribution in [3.8, 4) is 0 Å². The third-order valence-corrected chi connectivity index (χ3v) is 7.45. The van der Waals surface area contributed by atoms with Gasteiger partial charge in [-0.25, -0.2) is 0 Å². The van der Waals surface area contributed by atoms with Crippen molar-refractivity contribution in [3.05, 3.63) is 35.9 Å². The number of nitrogens with zero attached hydrogens (tertiary/aromatic N) is 1. The lowest BCUT2D eigenvalue weighted by Gasteiger charge is -2.41. The van der Waals surface area contributed by atoms with Gasteiger partial charge in [-0.2, -0.15) is 0 Å². The average molecular weight is 313 g/mol. The van der Waals surface area contributed by atoms with Crippen molar-refractivity contribution in [2.24, 2.45) is 23.7 Å². The van der Waals surface area contributed by atoms with E-state index in [9.17, 15) is 0 Å². The van der Waals surface area contributed by atoms with Crippen LogP contribution in [-0.4, -0.2) is 29.1 Å². The Hall–Kier alpha value is -0.860.